The minimum absolute atomic E-state index is 0.345. The zero-order valence-electron chi connectivity index (χ0n) is 14.3. The van der Waals surface area contributed by atoms with Crippen molar-refractivity contribution in [3.05, 3.63) is 35.9 Å². The van der Waals surface area contributed by atoms with Gasteiger partial charge in [0.2, 0.25) is 0 Å². The van der Waals surface area contributed by atoms with Crippen LogP contribution in [0.4, 0.5) is 8.78 Å². The van der Waals surface area contributed by atoms with Gasteiger partial charge in [-0.05, 0) is 55.4 Å². The van der Waals surface area contributed by atoms with E-state index < -0.39 is 11.8 Å². The molecule has 0 heterocycles. The number of benzene rings is 1. The summed E-state index contributed by atoms with van der Waals surface area (Å²) in [5, 5.41) is 0. The van der Waals surface area contributed by atoms with E-state index in [4.69, 9.17) is 0 Å². The molecule has 2 saturated carbocycles. The Labute approximate surface area is 139 Å². The van der Waals surface area contributed by atoms with Crippen molar-refractivity contribution >= 4 is 0 Å². The molecular formula is C21H30F2. The van der Waals surface area contributed by atoms with E-state index in [2.05, 4.69) is 6.92 Å². The summed E-state index contributed by atoms with van der Waals surface area (Å²) in [5.41, 5.74) is -1.24. The van der Waals surface area contributed by atoms with Crippen molar-refractivity contribution in [2.75, 3.05) is 0 Å². The summed E-state index contributed by atoms with van der Waals surface area (Å²) in [5.74, 6) is 1.90. The van der Waals surface area contributed by atoms with E-state index >= 15 is 4.39 Å². The van der Waals surface area contributed by atoms with Gasteiger partial charge < -0.3 is 0 Å². The normalized spacial score (nSPS) is 38.4. The summed E-state index contributed by atoms with van der Waals surface area (Å²) in [4.78, 5) is 0. The molecule has 1 aromatic carbocycles. The maximum atomic E-state index is 15.2. The van der Waals surface area contributed by atoms with Crippen LogP contribution in [-0.4, -0.2) is 6.17 Å². The Morgan fingerprint density at radius 1 is 1.00 bits per heavy atom. The maximum Gasteiger partial charge on any atom is 0.166 e. The first-order valence-corrected chi connectivity index (χ1v) is 9.52. The minimum atomic E-state index is -1.77. The van der Waals surface area contributed by atoms with E-state index in [9.17, 15) is 4.39 Å². The van der Waals surface area contributed by atoms with Gasteiger partial charge in [-0.15, -0.1) is 0 Å². The maximum absolute atomic E-state index is 15.2. The Bertz CT molecular complexity index is 478. The quantitative estimate of drug-likeness (QED) is 0.586. The van der Waals surface area contributed by atoms with E-state index in [1.54, 1.807) is 12.1 Å². The van der Waals surface area contributed by atoms with Crippen molar-refractivity contribution in [1.29, 1.82) is 0 Å². The Morgan fingerprint density at radius 3 is 2.30 bits per heavy atom. The number of rotatable bonds is 4. The summed E-state index contributed by atoms with van der Waals surface area (Å²) in [6.45, 7) is 2.26. The predicted molar refractivity (Wildman–Crippen MR) is 91.8 cm³/mol. The van der Waals surface area contributed by atoms with Crippen molar-refractivity contribution in [2.24, 2.45) is 17.8 Å². The van der Waals surface area contributed by atoms with Gasteiger partial charge in [0.1, 0.15) is 6.17 Å². The van der Waals surface area contributed by atoms with Gasteiger partial charge in [-0.25, -0.2) is 8.78 Å². The first-order chi connectivity index (χ1) is 11.1. The molecule has 2 fully saturated rings. The van der Waals surface area contributed by atoms with Gasteiger partial charge in [-0.1, -0.05) is 62.9 Å². The average Bonchev–Trinajstić information content (AvgIpc) is 2.59. The van der Waals surface area contributed by atoms with E-state index in [1.807, 2.05) is 18.2 Å². The van der Waals surface area contributed by atoms with Crippen LogP contribution in [0.1, 0.15) is 70.3 Å². The van der Waals surface area contributed by atoms with Crippen LogP contribution in [0, 0.1) is 17.8 Å². The lowest BCUT2D eigenvalue weighted by molar-refractivity contribution is -0.0273. The molecule has 0 nitrogen and oxygen atoms in total. The van der Waals surface area contributed by atoms with Crippen molar-refractivity contribution in [2.45, 2.75) is 76.6 Å². The Kier molecular flexibility index (Phi) is 5.38. The molecule has 1 aromatic rings. The fourth-order valence-corrected chi connectivity index (χ4v) is 4.95. The van der Waals surface area contributed by atoms with Crippen LogP contribution in [0.3, 0.4) is 0 Å². The molecule has 2 heteroatoms. The fraction of sp³-hybridized carbons (Fsp3) is 0.714. The minimum Gasteiger partial charge on any atom is -0.244 e. The zero-order valence-corrected chi connectivity index (χ0v) is 14.3. The molecule has 2 aliphatic rings. The van der Waals surface area contributed by atoms with E-state index in [0.717, 1.165) is 12.3 Å². The second kappa shape index (κ2) is 7.32. The van der Waals surface area contributed by atoms with Gasteiger partial charge in [0.15, 0.2) is 5.67 Å². The third-order valence-corrected chi connectivity index (χ3v) is 6.39. The second-order valence-electron chi connectivity index (χ2n) is 7.80. The number of hydrogen-bond acceptors (Lipinski definition) is 0. The van der Waals surface area contributed by atoms with Crippen LogP contribution in [0.25, 0.3) is 0 Å². The highest BCUT2D eigenvalue weighted by Gasteiger charge is 2.47. The highest BCUT2D eigenvalue weighted by atomic mass is 19.2. The highest BCUT2D eigenvalue weighted by molar-refractivity contribution is 5.25. The van der Waals surface area contributed by atoms with Crippen LogP contribution in [0.2, 0.25) is 0 Å². The van der Waals surface area contributed by atoms with Crippen molar-refractivity contribution in [3.8, 4) is 0 Å². The van der Waals surface area contributed by atoms with Gasteiger partial charge in [0, 0.05) is 0 Å². The van der Waals surface area contributed by atoms with Gasteiger partial charge in [-0.3, -0.25) is 0 Å². The molecule has 0 saturated heterocycles. The molecule has 0 bridgehead atoms. The highest BCUT2D eigenvalue weighted by Crippen LogP contribution is 2.49. The summed E-state index contributed by atoms with van der Waals surface area (Å²) in [6.07, 6.45) is 7.91. The van der Waals surface area contributed by atoms with Crippen LogP contribution in [-0.2, 0) is 5.67 Å². The van der Waals surface area contributed by atoms with Gasteiger partial charge in [0.25, 0.3) is 0 Å². The monoisotopic (exact) mass is 320 g/mol. The summed E-state index contributed by atoms with van der Waals surface area (Å²) in [6, 6.07) is 8.96. The van der Waals surface area contributed by atoms with E-state index in [-0.39, 0.29) is 0 Å². The molecule has 0 amide bonds. The smallest absolute Gasteiger partial charge is 0.166 e. The van der Waals surface area contributed by atoms with Crippen molar-refractivity contribution in [1.82, 2.24) is 0 Å². The van der Waals surface area contributed by atoms with Crippen LogP contribution >= 0.6 is 0 Å². The zero-order chi connectivity index (χ0) is 16.3. The molecule has 23 heavy (non-hydrogen) atoms. The molecule has 0 aliphatic heterocycles. The third-order valence-electron chi connectivity index (χ3n) is 6.39. The van der Waals surface area contributed by atoms with Crippen LogP contribution in [0.5, 0.6) is 0 Å². The lowest BCUT2D eigenvalue weighted by atomic mass is 9.66. The average molecular weight is 320 g/mol. The van der Waals surface area contributed by atoms with E-state index in [1.165, 1.54) is 38.5 Å². The molecule has 3 rings (SSSR count). The van der Waals surface area contributed by atoms with Gasteiger partial charge >= 0.3 is 0 Å². The molecule has 3 atom stereocenters. The Hall–Kier alpha value is -0.920. The molecule has 0 spiro atoms. The number of hydrogen-bond donors (Lipinski definition) is 0. The Morgan fingerprint density at radius 2 is 1.70 bits per heavy atom. The molecule has 128 valence electrons. The lowest BCUT2D eigenvalue weighted by Gasteiger charge is -2.42. The van der Waals surface area contributed by atoms with E-state index in [0.29, 0.717) is 30.2 Å². The third kappa shape index (κ3) is 3.61. The predicted octanol–water partition coefficient (Wildman–Crippen LogP) is 6.60. The molecule has 0 aromatic heterocycles. The fourth-order valence-electron chi connectivity index (χ4n) is 4.95. The van der Waals surface area contributed by atoms with Gasteiger partial charge in [0.05, 0.1) is 0 Å². The molecule has 3 unspecified atom stereocenters. The van der Waals surface area contributed by atoms with Crippen LogP contribution < -0.4 is 0 Å². The first kappa shape index (κ1) is 16.9. The van der Waals surface area contributed by atoms with Crippen molar-refractivity contribution in [3.63, 3.8) is 0 Å². The van der Waals surface area contributed by atoms with Gasteiger partial charge in [-0.2, -0.15) is 0 Å². The molecule has 2 aliphatic carbocycles. The molecule has 0 N–H and O–H groups in total. The largest absolute Gasteiger partial charge is 0.244 e. The summed E-state index contributed by atoms with van der Waals surface area (Å²) >= 11 is 0. The molecule has 0 radical (unpaired) electrons. The Balaban J connectivity index is 1.59. The number of alkyl halides is 2. The summed E-state index contributed by atoms with van der Waals surface area (Å²) < 4.78 is 30.0. The lowest BCUT2D eigenvalue weighted by Crippen LogP contribution is -2.40. The molecular weight excluding hydrogens is 290 g/mol. The van der Waals surface area contributed by atoms with Crippen molar-refractivity contribution < 1.29 is 8.78 Å². The topological polar surface area (TPSA) is 0 Å². The first-order valence-electron chi connectivity index (χ1n) is 9.52. The second-order valence-corrected chi connectivity index (χ2v) is 7.80. The number of halogens is 2. The van der Waals surface area contributed by atoms with Crippen LogP contribution in [0.15, 0.2) is 30.3 Å². The standard InChI is InChI=1S/C21H30F2/c1-2-6-16-9-11-17(12-10-16)18-13-14-21(23,20(22)15-18)19-7-4-3-5-8-19/h3-5,7-8,16-18,20H,2,6,9-15H2,1H3. The summed E-state index contributed by atoms with van der Waals surface area (Å²) in [7, 11) is 0. The SMILES string of the molecule is CCCC1CCC(C2CCC(F)(c3ccccc3)C(F)C2)CC1.